The Morgan fingerprint density at radius 1 is 1.33 bits per heavy atom. The second kappa shape index (κ2) is 6.79. The van der Waals surface area contributed by atoms with E-state index in [9.17, 15) is 9.59 Å². The van der Waals surface area contributed by atoms with Crippen molar-refractivity contribution in [2.24, 2.45) is 5.92 Å². The molecule has 1 aromatic carbocycles. The highest BCUT2D eigenvalue weighted by atomic mass is 16.5. The number of hydrogen-bond donors (Lipinski definition) is 1. The minimum absolute atomic E-state index is 0.0558. The lowest BCUT2D eigenvalue weighted by Gasteiger charge is -2.10. The van der Waals surface area contributed by atoms with Gasteiger partial charge in [0, 0.05) is 11.6 Å². The van der Waals surface area contributed by atoms with Gasteiger partial charge < -0.3 is 10.5 Å². The summed E-state index contributed by atoms with van der Waals surface area (Å²) in [5.41, 5.74) is 6.31. The molecule has 18 heavy (non-hydrogen) atoms. The topological polar surface area (TPSA) is 69.4 Å². The first-order valence-corrected chi connectivity index (χ1v) is 6.10. The van der Waals surface area contributed by atoms with Gasteiger partial charge in [-0.15, -0.1) is 0 Å². The van der Waals surface area contributed by atoms with Crippen LogP contribution in [0.1, 0.15) is 37.0 Å². The molecule has 0 aliphatic carbocycles. The van der Waals surface area contributed by atoms with Gasteiger partial charge in [-0.3, -0.25) is 4.79 Å². The minimum atomic E-state index is -0.551. The molecular weight excluding hydrogens is 230 g/mol. The SMILES string of the molecule is CCCC(C)C(=O)COC(=O)c1ccccc1N. The summed E-state index contributed by atoms with van der Waals surface area (Å²) in [5, 5.41) is 0. The Balaban J connectivity index is 2.52. The predicted molar refractivity (Wildman–Crippen MR) is 70.2 cm³/mol. The molecule has 0 bridgehead atoms. The van der Waals surface area contributed by atoms with E-state index in [1.54, 1.807) is 24.3 Å². The number of para-hydroxylation sites is 1. The predicted octanol–water partition coefficient (Wildman–Crippen LogP) is 2.43. The fourth-order valence-electron chi connectivity index (χ4n) is 1.63. The quantitative estimate of drug-likeness (QED) is 0.621. The summed E-state index contributed by atoms with van der Waals surface area (Å²) < 4.78 is 4.97. The molecule has 98 valence electrons. The molecule has 1 rings (SSSR count). The van der Waals surface area contributed by atoms with E-state index in [0.29, 0.717) is 11.3 Å². The van der Waals surface area contributed by atoms with Gasteiger partial charge >= 0.3 is 5.97 Å². The average Bonchev–Trinajstić information content (AvgIpc) is 2.36. The molecule has 0 fully saturated rings. The summed E-state index contributed by atoms with van der Waals surface area (Å²) in [5.74, 6) is -0.680. The zero-order chi connectivity index (χ0) is 13.5. The van der Waals surface area contributed by atoms with Crippen LogP contribution in [0.5, 0.6) is 0 Å². The Morgan fingerprint density at radius 3 is 2.61 bits per heavy atom. The van der Waals surface area contributed by atoms with Crippen LogP contribution in [-0.4, -0.2) is 18.4 Å². The molecule has 0 saturated heterocycles. The molecule has 1 atom stereocenters. The second-order valence-electron chi connectivity index (χ2n) is 4.32. The fourth-order valence-corrected chi connectivity index (χ4v) is 1.63. The van der Waals surface area contributed by atoms with Gasteiger partial charge in [-0.1, -0.05) is 32.4 Å². The second-order valence-corrected chi connectivity index (χ2v) is 4.32. The first-order valence-electron chi connectivity index (χ1n) is 6.10. The number of nitrogens with two attached hydrogens (primary N) is 1. The van der Waals surface area contributed by atoms with Crippen molar-refractivity contribution in [1.29, 1.82) is 0 Å². The van der Waals surface area contributed by atoms with Gasteiger partial charge in [-0.05, 0) is 18.6 Å². The van der Waals surface area contributed by atoms with Crippen LogP contribution in [0, 0.1) is 5.92 Å². The number of esters is 1. The maximum Gasteiger partial charge on any atom is 0.340 e. The minimum Gasteiger partial charge on any atom is -0.454 e. The van der Waals surface area contributed by atoms with Crippen molar-refractivity contribution < 1.29 is 14.3 Å². The summed E-state index contributed by atoms with van der Waals surface area (Å²) in [7, 11) is 0. The number of carbonyl (C=O) groups is 2. The number of ketones is 1. The molecule has 0 spiro atoms. The molecule has 4 heteroatoms. The van der Waals surface area contributed by atoms with Gasteiger partial charge in [0.2, 0.25) is 0 Å². The number of anilines is 1. The number of rotatable bonds is 6. The molecule has 2 N–H and O–H groups in total. The lowest BCUT2D eigenvalue weighted by Crippen LogP contribution is -2.20. The van der Waals surface area contributed by atoms with Crippen LogP contribution >= 0.6 is 0 Å². The third-order valence-corrected chi connectivity index (χ3v) is 2.80. The molecule has 0 saturated carbocycles. The first-order chi connectivity index (χ1) is 8.56. The van der Waals surface area contributed by atoms with Crippen molar-refractivity contribution in [3.05, 3.63) is 29.8 Å². The average molecular weight is 249 g/mol. The van der Waals surface area contributed by atoms with Crippen LogP contribution in [0.25, 0.3) is 0 Å². The van der Waals surface area contributed by atoms with E-state index >= 15 is 0 Å². The monoisotopic (exact) mass is 249 g/mol. The molecule has 0 aliphatic rings. The third kappa shape index (κ3) is 3.87. The summed E-state index contributed by atoms with van der Waals surface area (Å²) >= 11 is 0. The van der Waals surface area contributed by atoms with Crippen LogP contribution in [0.2, 0.25) is 0 Å². The van der Waals surface area contributed by atoms with Gasteiger partial charge in [0.05, 0.1) is 5.56 Å². The van der Waals surface area contributed by atoms with Crippen molar-refractivity contribution in [3.63, 3.8) is 0 Å². The summed E-state index contributed by atoms with van der Waals surface area (Å²) in [6, 6.07) is 6.64. The normalized spacial score (nSPS) is 11.9. The Hall–Kier alpha value is -1.84. The zero-order valence-corrected chi connectivity index (χ0v) is 10.8. The number of carbonyl (C=O) groups excluding carboxylic acids is 2. The standard InChI is InChI=1S/C14H19NO3/c1-3-6-10(2)13(16)9-18-14(17)11-7-4-5-8-12(11)15/h4-5,7-8,10H,3,6,9,15H2,1-2H3. The van der Waals surface area contributed by atoms with Crippen molar-refractivity contribution in [2.45, 2.75) is 26.7 Å². The number of nitrogen functional groups attached to an aromatic ring is 1. The molecule has 0 aromatic heterocycles. The van der Waals surface area contributed by atoms with E-state index in [-0.39, 0.29) is 18.3 Å². The molecular formula is C14H19NO3. The zero-order valence-electron chi connectivity index (χ0n) is 10.8. The van der Waals surface area contributed by atoms with Crippen LogP contribution in [0.4, 0.5) is 5.69 Å². The fraction of sp³-hybridized carbons (Fsp3) is 0.429. The van der Waals surface area contributed by atoms with E-state index in [1.165, 1.54) is 0 Å². The van der Waals surface area contributed by atoms with E-state index in [1.807, 2.05) is 13.8 Å². The van der Waals surface area contributed by atoms with E-state index in [4.69, 9.17) is 10.5 Å². The van der Waals surface area contributed by atoms with Crippen LogP contribution in [0.15, 0.2) is 24.3 Å². The van der Waals surface area contributed by atoms with Gasteiger partial charge in [0.15, 0.2) is 12.4 Å². The van der Waals surface area contributed by atoms with Gasteiger partial charge in [0.1, 0.15) is 0 Å². The molecule has 4 nitrogen and oxygen atoms in total. The molecule has 1 unspecified atom stereocenters. The summed E-state index contributed by atoms with van der Waals surface area (Å²) in [6.07, 6.45) is 1.75. The van der Waals surface area contributed by atoms with E-state index < -0.39 is 5.97 Å². The molecule has 0 radical (unpaired) electrons. The maximum atomic E-state index is 11.7. The van der Waals surface area contributed by atoms with Crippen LogP contribution in [-0.2, 0) is 9.53 Å². The molecule has 0 aliphatic heterocycles. The Labute approximate surface area is 107 Å². The molecule has 0 heterocycles. The summed E-state index contributed by atoms with van der Waals surface area (Å²) in [6.45, 7) is 3.67. The third-order valence-electron chi connectivity index (χ3n) is 2.80. The van der Waals surface area contributed by atoms with Crippen molar-refractivity contribution in [2.75, 3.05) is 12.3 Å². The van der Waals surface area contributed by atoms with Gasteiger partial charge in [-0.2, -0.15) is 0 Å². The summed E-state index contributed by atoms with van der Waals surface area (Å²) in [4.78, 5) is 23.3. The number of benzene rings is 1. The highest BCUT2D eigenvalue weighted by Crippen LogP contribution is 2.12. The highest BCUT2D eigenvalue weighted by Gasteiger charge is 2.16. The van der Waals surface area contributed by atoms with E-state index in [0.717, 1.165) is 12.8 Å². The lowest BCUT2D eigenvalue weighted by molar-refractivity contribution is -0.125. The Kier molecular flexibility index (Phi) is 5.36. The number of hydrogen-bond acceptors (Lipinski definition) is 4. The Bertz CT molecular complexity index is 429. The first kappa shape index (κ1) is 14.2. The maximum absolute atomic E-state index is 11.7. The Morgan fingerprint density at radius 2 is 2.00 bits per heavy atom. The van der Waals surface area contributed by atoms with Crippen molar-refractivity contribution in [3.8, 4) is 0 Å². The highest BCUT2D eigenvalue weighted by molar-refractivity contribution is 5.96. The van der Waals surface area contributed by atoms with Crippen molar-refractivity contribution >= 4 is 17.4 Å². The van der Waals surface area contributed by atoms with Gasteiger partial charge in [-0.25, -0.2) is 4.79 Å². The van der Waals surface area contributed by atoms with E-state index in [2.05, 4.69) is 0 Å². The smallest absolute Gasteiger partial charge is 0.340 e. The van der Waals surface area contributed by atoms with Crippen LogP contribution < -0.4 is 5.73 Å². The van der Waals surface area contributed by atoms with Crippen LogP contribution in [0.3, 0.4) is 0 Å². The largest absolute Gasteiger partial charge is 0.454 e. The lowest BCUT2D eigenvalue weighted by atomic mass is 10.0. The van der Waals surface area contributed by atoms with Crippen molar-refractivity contribution in [1.82, 2.24) is 0 Å². The number of Topliss-reactive ketones (excluding diaryl/α,β-unsaturated/α-hetero) is 1. The van der Waals surface area contributed by atoms with Gasteiger partial charge in [0.25, 0.3) is 0 Å². The molecule has 1 aromatic rings. The molecule has 0 amide bonds. The number of ether oxygens (including phenoxy) is 1.